The van der Waals surface area contributed by atoms with E-state index in [9.17, 15) is 29.4 Å². The van der Waals surface area contributed by atoms with Crippen LogP contribution in [0, 0.1) is 18.8 Å². The predicted molar refractivity (Wildman–Crippen MR) is 253 cm³/mol. The Morgan fingerprint density at radius 3 is 1.45 bits per heavy atom. The molecule has 0 bridgehead atoms. The van der Waals surface area contributed by atoms with Crippen LogP contribution in [0.4, 0.5) is 9.59 Å². The quantitative estimate of drug-likeness (QED) is 0.113. The van der Waals surface area contributed by atoms with Crippen LogP contribution in [0.3, 0.4) is 0 Å². The van der Waals surface area contributed by atoms with Crippen LogP contribution in [0.15, 0.2) is 54.9 Å². The fraction of sp³-hybridized carbons (Fsp3) is 0.569. The van der Waals surface area contributed by atoms with Crippen LogP contribution in [0.2, 0.25) is 0 Å². The summed E-state index contributed by atoms with van der Waals surface area (Å²) in [7, 11) is 3.00. The molecule has 6 heterocycles. The van der Waals surface area contributed by atoms with E-state index in [0.29, 0.717) is 37.3 Å². The van der Waals surface area contributed by atoms with Gasteiger partial charge < -0.3 is 39.5 Å². The molecule has 10 atom stereocenters. The number of hydrogen-bond acceptors (Lipinski definition) is 8. The van der Waals surface area contributed by atoms with Gasteiger partial charge in [-0.3, -0.25) is 19.4 Å². The molecule has 0 aliphatic carbocycles. The van der Waals surface area contributed by atoms with E-state index in [0.717, 1.165) is 64.9 Å². The first-order valence-corrected chi connectivity index (χ1v) is 24.1. The zero-order valence-corrected chi connectivity index (χ0v) is 40.3. The van der Waals surface area contributed by atoms with Gasteiger partial charge in [-0.05, 0) is 128 Å². The third-order valence-corrected chi connectivity index (χ3v) is 15.0. The molecule has 16 nitrogen and oxygen atoms in total. The number of nitrogens with zero attached hydrogens (tertiary/aromatic N) is 6. The maximum Gasteiger partial charge on any atom is 0.407 e. The third kappa shape index (κ3) is 9.69. The molecule has 4 N–H and O–H groups in total. The molecule has 2 aromatic heterocycles. The number of nitrogens with one attached hydrogen (secondary N) is 2. The average molecular weight is 921 g/mol. The molecule has 67 heavy (non-hydrogen) atoms. The number of aromatic nitrogens is 4. The minimum absolute atomic E-state index is 0.0669. The van der Waals surface area contributed by atoms with E-state index >= 15 is 0 Å². The van der Waals surface area contributed by atoms with Gasteiger partial charge in [-0.15, -0.1) is 0 Å². The largest absolute Gasteiger partial charge is 0.465 e. The summed E-state index contributed by atoms with van der Waals surface area (Å²) in [4.78, 5) is 76.5. The average Bonchev–Trinajstić information content (AvgIpc) is 4.10. The molecule has 4 fully saturated rings. The van der Waals surface area contributed by atoms with E-state index in [4.69, 9.17) is 19.4 Å². The van der Waals surface area contributed by atoms with Gasteiger partial charge in [-0.2, -0.15) is 0 Å². The van der Waals surface area contributed by atoms with Gasteiger partial charge in [0.15, 0.2) is 0 Å². The lowest BCUT2D eigenvalue weighted by Crippen LogP contribution is -2.55. The van der Waals surface area contributed by atoms with E-state index in [1.165, 1.54) is 23.9 Å². The standard InChI is InChI=1S/C51H68N8O8/c1-27-20-36(16-17-39(27)41-26-53-47(55-41)43-19-11-29(3)59(43)49(61)45(57(9)51(64)65)38-23-32(6)67-33(7)24-38)34-12-14-35(15-13-34)40-25-52-46(54-40)42-18-10-28(2)58(42)48(60)44(56(8)50(62)63)37-21-30(4)66-31(5)22-37/h12-17,20,25-26,28-33,37-38,42-45H,10-11,18-19,21-24H2,1-9H3,(H,52,54)(H,53,55)(H,62,63)(H,64,65)/t28-,29-,30+,31+,32+,33+,42-,43-,44-,45-/m0/s1. The van der Waals surface area contributed by atoms with Crippen LogP contribution in [0.25, 0.3) is 33.6 Å². The Kier molecular flexibility index (Phi) is 13.9. The topological polar surface area (TPSA) is 198 Å². The number of aryl methyl sites for hydroxylation is 1. The van der Waals surface area contributed by atoms with Gasteiger partial charge >= 0.3 is 12.2 Å². The second-order valence-corrected chi connectivity index (χ2v) is 20.0. The summed E-state index contributed by atoms with van der Waals surface area (Å²) in [6.07, 6.45) is 6.70. The summed E-state index contributed by atoms with van der Waals surface area (Å²) in [5.41, 5.74) is 6.54. The molecule has 0 unspecified atom stereocenters. The minimum Gasteiger partial charge on any atom is -0.465 e. The van der Waals surface area contributed by atoms with Crippen molar-refractivity contribution in [3.05, 3.63) is 72.1 Å². The van der Waals surface area contributed by atoms with E-state index in [1.807, 2.05) is 75.9 Å². The van der Waals surface area contributed by atoms with Gasteiger partial charge in [0, 0.05) is 49.7 Å². The van der Waals surface area contributed by atoms with Crippen molar-refractivity contribution < 1.29 is 38.9 Å². The Hall–Kier alpha value is -5.74. The molecule has 8 rings (SSSR count). The second kappa shape index (κ2) is 19.5. The molecule has 360 valence electrons. The second-order valence-electron chi connectivity index (χ2n) is 20.0. The van der Waals surface area contributed by atoms with Gasteiger partial charge in [-0.25, -0.2) is 19.6 Å². The fourth-order valence-electron chi connectivity index (χ4n) is 11.9. The van der Waals surface area contributed by atoms with Crippen molar-refractivity contribution in [2.75, 3.05) is 14.1 Å². The van der Waals surface area contributed by atoms with Gasteiger partial charge in [0.05, 0.1) is 47.9 Å². The number of H-pyrrole nitrogens is 2. The summed E-state index contributed by atoms with van der Waals surface area (Å²) in [6, 6.07) is 12.1. The Labute approximate surface area is 393 Å². The molecule has 4 amide bonds. The molecule has 16 heteroatoms. The molecular weight excluding hydrogens is 853 g/mol. The smallest absolute Gasteiger partial charge is 0.407 e. The lowest BCUT2D eigenvalue weighted by atomic mass is 9.84. The molecule has 4 aliphatic rings. The molecule has 0 spiro atoms. The number of ether oxygens (including phenoxy) is 2. The lowest BCUT2D eigenvalue weighted by molar-refractivity contribution is -0.145. The zero-order valence-electron chi connectivity index (χ0n) is 40.3. The number of amides is 4. The number of carboxylic acid groups (broad SMARTS) is 2. The molecule has 0 radical (unpaired) electrons. The molecule has 0 saturated carbocycles. The first-order valence-electron chi connectivity index (χ1n) is 24.1. The third-order valence-electron chi connectivity index (χ3n) is 15.0. The zero-order chi connectivity index (χ0) is 48.0. The highest BCUT2D eigenvalue weighted by atomic mass is 16.5. The van der Waals surface area contributed by atoms with Crippen LogP contribution in [-0.2, 0) is 19.1 Å². The van der Waals surface area contributed by atoms with Gasteiger partial charge in [-0.1, -0.05) is 42.5 Å². The first-order chi connectivity index (χ1) is 31.9. The number of hydrogen-bond donors (Lipinski definition) is 4. The van der Waals surface area contributed by atoms with Crippen molar-refractivity contribution in [1.29, 1.82) is 0 Å². The number of benzene rings is 2. The van der Waals surface area contributed by atoms with Crippen molar-refractivity contribution in [1.82, 2.24) is 39.5 Å². The van der Waals surface area contributed by atoms with E-state index < -0.39 is 24.3 Å². The summed E-state index contributed by atoms with van der Waals surface area (Å²) in [5.74, 6) is 0.686. The van der Waals surface area contributed by atoms with E-state index in [1.54, 1.807) is 0 Å². The van der Waals surface area contributed by atoms with Crippen LogP contribution in [0.1, 0.15) is 122 Å². The molecule has 4 aliphatic heterocycles. The summed E-state index contributed by atoms with van der Waals surface area (Å²) in [5, 5.41) is 20.1. The summed E-state index contributed by atoms with van der Waals surface area (Å²) >= 11 is 0. The first kappa shape index (κ1) is 47.7. The number of carbonyl (C=O) groups excluding carboxylic acids is 2. The van der Waals surface area contributed by atoms with Crippen molar-refractivity contribution in [3.63, 3.8) is 0 Å². The van der Waals surface area contributed by atoms with Crippen molar-refractivity contribution >= 4 is 24.0 Å². The fourth-order valence-corrected chi connectivity index (χ4v) is 11.9. The van der Waals surface area contributed by atoms with Gasteiger partial charge in [0.25, 0.3) is 0 Å². The highest BCUT2D eigenvalue weighted by Crippen LogP contribution is 2.42. The van der Waals surface area contributed by atoms with Crippen molar-refractivity contribution in [3.8, 4) is 33.6 Å². The summed E-state index contributed by atoms with van der Waals surface area (Å²) < 4.78 is 11.9. The highest BCUT2D eigenvalue weighted by molar-refractivity contribution is 5.87. The summed E-state index contributed by atoms with van der Waals surface area (Å²) in [6.45, 7) is 14.0. The van der Waals surface area contributed by atoms with Gasteiger partial charge in [0.1, 0.15) is 23.7 Å². The van der Waals surface area contributed by atoms with Crippen LogP contribution >= 0.6 is 0 Å². The monoisotopic (exact) mass is 921 g/mol. The van der Waals surface area contributed by atoms with Crippen LogP contribution in [0.5, 0.6) is 0 Å². The van der Waals surface area contributed by atoms with E-state index in [2.05, 4.69) is 47.2 Å². The number of likely N-dealkylation sites (tertiary alicyclic amines) is 2. The normalized spacial score (nSPS) is 28.6. The predicted octanol–water partition coefficient (Wildman–Crippen LogP) is 8.91. The van der Waals surface area contributed by atoms with Crippen molar-refractivity contribution in [2.45, 2.75) is 160 Å². The minimum atomic E-state index is -1.12. The molecule has 4 saturated heterocycles. The number of likely N-dealkylation sites (N-methyl/N-ethyl adjacent to an activating group) is 2. The van der Waals surface area contributed by atoms with E-state index in [-0.39, 0.29) is 72.2 Å². The SMILES string of the molecule is Cc1cc(-c2ccc(-c3c[nH]c([C@@H]4CC[C@H](C)N4C(=O)[C@H](C4C[C@@H](C)O[C@H](C)C4)N(C)C(=O)O)n3)cc2)ccc1-c1c[nH]c([C@@H]2CC[C@H](C)N2C(=O)[C@H](C2C[C@@H](C)O[C@H](C)C2)N(C)C(=O)O)n1. The maximum atomic E-state index is 14.5. The number of aromatic amines is 2. The van der Waals surface area contributed by atoms with Crippen molar-refractivity contribution in [2.24, 2.45) is 11.8 Å². The molecule has 2 aromatic carbocycles. The van der Waals surface area contributed by atoms with Gasteiger partial charge in [0.2, 0.25) is 11.8 Å². The van der Waals surface area contributed by atoms with Crippen LogP contribution in [-0.4, -0.2) is 136 Å². The Morgan fingerprint density at radius 2 is 1.01 bits per heavy atom. The molecular formula is C51H68N8O8. The Bertz CT molecular complexity index is 2420. The number of carbonyl (C=O) groups is 4. The maximum absolute atomic E-state index is 14.5. The lowest BCUT2D eigenvalue weighted by Gasteiger charge is -2.41. The number of rotatable bonds is 11. The van der Waals surface area contributed by atoms with Crippen LogP contribution < -0.4 is 0 Å². The highest BCUT2D eigenvalue weighted by Gasteiger charge is 2.48. The Morgan fingerprint density at radius 1 is 0.612 bits per heavy atom. The Balaban J connectivity index is 0.962. The number of imidazole rings is 2. The molecule has 4 aromatic rings.